The van der Waals surface area contributed by atoms with Gasteiger partial charge in [-0.05, 0) is 43.0 Å². The first-order valence-corrected chi connectivity index (χ1v) is 8.56. The minimum absolute atomic E-state index is 0.254. The highest BCUT2D eigenvalue weighted by molar-refractivity contribution is 7.12. The Labute approximate surface area is 149 Å². The Kier molecular flexibility index (Phi) is 6.13. The standard InChI is InChI=1S/C17H20N4O3S/c1-10(12-5-7-13(8-6-12)21-17(18)24)19-15(22)11(2)20-16(23)14-4-3-9-25-14/h3-11H,1-2H3,(H,19,22)(H,20,23)(H3,18,21,24). The van der Waals surface area contributed by atoms with Crippen LogP contribution in [0.25, 0.3) is 0 Å². The van der Waals surface area contributed by atoms with Gasteiger partial charge in [-0.1, -0.05) is 18.2 Å². The number of thiophene rings is 1. The predicted molar refractivity (Wildman–Crippen MR) is 97.5 cm³/mol. The molecular weight excluding hydrogens is 340 g/mol. The number of amides is 4. The van der Waals surface area contributed by atoms with Crippen molar-refractivity contribution in [1.82, 2.24) is 10.6 Å². The molecule has 25 heavy (non-hydrogen) atoms. The van der Waals surface area contributed by atoms with Crippen LogP contribution in [0.2, 0.25) is 0 Å². The van der Waals surface area contributed by atoms with E-state index in [1.54, 1.807) is 48.7 Å². The summed E-state index contributed by atoms with van der Waals surface area (Å²) >= 11 is 1.32. The molecule has 0 bridgehead atoms. The zero-order valence-corrected chi connectivity index (χ0v) is 14.7. The molecule has 0 aliphatic carbocycles. The van der Waals surface area contributed by atoms with E-state index in [0.29, 0.717) is 10.6 Å². The van der Waals surface area contributed by atoms with Crippen molar-refractivity contribution in [2.75, 3.05) is 5.32 Å². The van der Waals surface area contributed by atoms with Crippen LogP contribution in [0.3, 0.4) is 0 Å². The van der Waals surface area contributed by atoms with Crippen molar-refractivity contribution >= 4 is 34.9 Å². The van der Waals surface area contributed by atoms with Gasteiger partial charge < -0.3 is 21.7 Å². The fourth-order valence-electron chi connectivity index (χ4n) is 2.16. The maximum Gasteiger partial charge on any atom is 0.316 e. The first-order valence-electron chi connectivity index (χ1n) is 7.68. The monoisotopic (exact) mass is 360 g/mol. The minimum Gasteiger partial charge on any atom is -0.351 e. The van der Waals surface area contributed by atoms with E-state index in [2.05, 4.69) is 16.0 Å². The first-order chi connectivity index (χ1) is 11.9. The van der Waals surface area contributed by atoms with Crippen molar-refractivity contribution in [2.24, 2.45) is 5.73 Å². The van der Waals surface area contributed by atoms with E-state index in [1.165, 1.54) is 11.3 Å². The van der Waals surface area contributed by atoms with E-state index in [0.717, 1.165) is 5.56 Å². The van der Waals surface area contributed by atoms with Gasteiger partial charge in [0.25, 0.3) is 5.91 Å². The van der Waals surface area contributed by atoms with Crippen LogP contribution >= 0.6 is 11.3 Å². The number of carbonyl (C=O) groups is 3. The normalized spacial score (nSPS) is 12.7. The topological polar surface area (TPSA) is 113 Å². The summed E-state index contributed by atoms with van der Waals surface area (Å²) in [5.74, 6) is -0.552. The molecule has 0 radical (unpaired) electrons. The van der Waals surface area contributed by atoms with E-state index >= 15 is 0 Å². The molecule has 1 aromatic heterocycles. The van der Waals surface area contributed by atoms with Gasteiger partial charge >= 0.3 is 6.03 Å². The van der Waals surface area contributed by atoms with Gasteiger partial charge in [-0.3, -0.25) is 9.59 Å². The molecule has 1 heterocycles. The first kappa shape index (κ1) is 18.5. The molecule has 8 heteroatoms. The van der Waals surface area contributed by atoms with E-state index in [-0.39, 0.29) is 17.9 Å². The van der Waals surface area contributed by atoms with Crippen molar-refractivity contribution in [3.05, 3.63) is 52.2 Å². The van der Waals surface area contributed by atoms with Gasteiger partial charge in [-0.25, -0.2) is 4.79 Å². The third-order valence-corrected chi connectivity index (χ3v) is 4.39. The van der Waals surface area contributed by atoms with Gasteiger partial charge in [0.2, 0.25) is 5.91 Å². The summed E-state index contributed by atoms with van der Waals surface area (Å²) in [4.78, 5) is 35.6. The molecule has 2 unspecified atom stereocenters. The molecule has 1 aromatic carbocycles. The molecule has 2 rings (SSSR count). The Morgan fingerprint density at radius 1 is 1.04 bits per heavy atom. The lowest BCUT2D eigenvalue weighted by Crippen LogP contribution is -2.45. The van der Waals surface area contributed by atoms with Crippen LogP contribution in [0.15, 0.2) is 41.8 Å². The second kappa shape index (κ2) is 8.29. The maximum absolute atomic E-state index is 12.2. The molecule has 132 valence electrons. The molecule has 0 fully saturated rings. The van der Waals surface area contributed by atoms with Crippen LogP contribution in [0.5, 0.6) is 0 Å². The Hall–Kier alpha value is -2.87. The van der Waals surface area contributed by atoms with Crippen LogP contribution in [-0.2, 0) is 4.79 Å². The number of anilines is 1. The summed E-state index contributed by atoms with van der Waals surface area (Å²) in [7, 11) is 0. The van der Waals surface area contributed by atoms with Gasteiger partial charge in [-0.15, -0.1) is 11.3 Å². The number of carbonyl (C=O) groups excluding carboxylic acids is 3. The largest absolute Gasteiger partial charge is 0.351 e. The number of urea groups is 1. The fraction of sp³-hybridized carbons (Fsp3) is 0.235. The van der Waals surface area contributed by atoms with Crippen molar-refractivity contribution in [3.63, 3.8) is 0 Å². The Balaban J connectivity index is 1.90. The van der Waals surface area contributed by atoms with Crippen LogP contribution < -0.4 is 21.7 Å². The highest BCUT2D eigenvalue weighted by Gasteiger charge is 2.19. The summed E-state index contributed by atoms with van der Waals surface area (Å²) < 4.78 is 0. The number of hydrogen-bond donors (Lipinski definition) is 4. The smallest absolute Gasteiger partial charge is 0.316 e. The van der Waals surface area contributed by atoms with Crippen molar-refractivity contribution in [3.8, 4) is 0 Å². The fourth-order valence-corrected chi connectivity index (χ4v) is 2.79. The van der Waals surface area contributed by atoms with E-state index in [4.69, 9.17) is 5.73 Å². The number of benzene rings is 1. The highest BCUT2D eigenvalue weighted by atomic mass is 32.1. The van der Waals surface area contributed by atoms with Gasteiger partial charge in [0.05, 0.1) is 10.9 Å². The van der Waals surface area contributed by atoms with Crippen LogP contribution in [0.4, 0.5) is 10.5 Å². The average Bonchev–Trinajstić information content (AvgIpc) is 3.09. The number of nitrogens with two attached hydrogens (primary N) is 1. The van der Waals surface area contributed by atoms with Gasteiger partial charge in [0.15, 0.2) is 0 Å². The number of primary amides is 1. The zero-order valence-electron chi connectivity index (χ0n) is 13.9. The van der Waals surface area contributed by atoms with Crippen molar-refractivity contribution < 1.29 is 14.4 Å². The number of rotatable bonds is 6. The predicted octanol–water partition coefficient (Wildman–Crippen LogP) is 2.23. The molecule has 0 aliphatic heterocycles. The average molecular weight is 360 g/mol. The summed E-state index contributed by atoms with van der Waals surface area (Å²) in [6.07, 6.45) is 0. The molecule has 4 amide bonds. The Morgan fingerprint density at radius 2 is 1.72 bits per heavy atom. The van der Waals surface area contributed by atoms with Crippen LogP contribution in [0.1, 0.15) is 35.1 Å². The second-order valence-corrected chi connectivity index (χ2v) is 6.46. The second-order valence-electron chi connectivity index (χ2n) is 5.51. The summed E-state index contributed by atoms with van der Waals surface area (Å²) in [5, 5.41) is 9.79. The van der Waals surface area contributed by atoms with E-state index in [9.17, 15) is 14.4 Å². The molecular formula is C17H20N4O3S. The zero-order chi connectivity index (χ0) is 18.4. The number of hydrogen-bond acceptors (Lipinski definition) is 4. The lowest BCUT2D eigenvalue weighted by molar-refractivity contribution is -0.123. The molecule has 0 saturated carbocycles. The molecule has 0 aliphatic rings. The highest BCUT2D eigenvalue weighted by Crippen LogP contribution is 2.16. The van der Waals surface area contributed by atoms with Crippen LogP contribution in [-0.4, -0.2) is 23.9 Å². The number of nitrogens with one attached hydrogen (secondary N) is 3. The molecule has 0 spiro atoms. The molecule has 5 N–H and O–H groups in total. The van der Waals surface area contributed by atoms with Gasteiger partial charge in [0.1, 0.15) is 6.04 Å². The third kappa shape index (κ3) is 5.32. The van der Waals surface area contributed by atoms with E-state index < -0.39 is 12.1 Å². The maximum atomic E-state index is 12.2. The SMILES string of the molecule is CC(NC(=O)c1cccs1)C(=O)NC(C)c1ccc(NC(N)=O)cc1. The molecule has 7 nitrogen and oxygen atoms in total. The summed E-state index contributed by atoms with van der Waals surface area (Å²) in [6, 6.07) is 8.90. The Bertz CT molecular complexity index is 744. The molecule has 2 aromatic rings. The van der Waals surface area contributed by atoms with Gasteiger partial charge in [0, 0.05) is 5.69 Å². The summed E-state index contributed by atoms with van der Waals surface area (Å²) in [6.45, 7) is 3.47. The quantitative estimate of drug-likeness (QED) is 0.633. The van der Waals surface area contributed by atoms with Crippen molar-refractivity contribution in [2.45, 2.75) is 25.9 Å². The van der Waals surface area contributed by atoms with Crippen molar-refractivity contribution in [1.29, 1.82) is 0 Å². The third-order valence-electron chi connectivity index (χ3n) is 3.52. The minimum atomic E-state index is -0.659. The molecule has 0 saturated heterocycles. The Morgan fingerprint density at radius 3 is 2.28 bits per heavy atom. The lowest BCUT2D eigenvalue weighted by atomic mass is 10.1. The van der Waals surface area contributed by atoms with Crippen LogP contribution in [0, 0.1) is 0 Å². The van der Waals surface area contributed by atoms with E-state index in [1.807, 2.05) is 6.92 Å². The summed E-state index contributed by atoms with van der Waals surface area (Å²) in [5.41, 5.74) is 6.49. The molecule has 2 atom stereocenters. The van der Waals surface area contributed by atoms with Gasteiger partial charge in [-0.2, -0.15) is 0 Å². The lowest BCUT2D eigenvalue weighted by Gasteiger charge is -2.19.